The van der Waals surface area contributed by atoms with E-state index in [0.717, 1.165) is 33.5 Å². The molecule has 170 valence electrons. The van der Waals surface area contributed by atoms with Crippen LogP contribution in [-0.4, -0.2) is 33.0 Å². The van der Waals surface area contributed by atoms with Crippen molar-refractivity contribution in [1.29, 1.82) is 5.41 Å². The lowest BCUT2D eigenvalue weighted by Gasteiger charge is -2.24. The second-order valence-corrected chi connectivity index (χ2v) is 9.68. The van der Waals surface area contributed by atoms with Crippen LogP contribution in [0.2, 0.25) is 5.02 Å². The first kappa shape index (κ1) is 22.4. The van der Waals surface area contributed by atoms with Crippen molar-refractivity contribution in [3.8, 4) is 0 Å². The van der Waals surface area contributed by atoms with Crippen molar-refractivity contribution in [3.63, 3.8) is 0 Å². The van der Waals surface area contributed by atoms with Gasteiger partial charge in [-0.05, 0) is 29.3 Å². The molecule has 2 unspecified atom stereocenters. The molecule has 1 fully saturated rings. The van der Waals surface area contributed by atoms with Crippen molar-refractivity contribution in [2.24, 2.45) is 5.10 Å². The third-order valence-electron chi connectivity index (χ3n) is 5.84. The number of halogens is 1. The Kier molecular flexibility index (Phi) is 6.22. The number of benzene rings is 3. The summed E-state index contributed by atoms with van der Waals surface area (Å²) < 4.78 is 0. The highest BCUT2D eigenvalue weighted by atomic mass is 35.5. The first-order valence-corrected chi connectivity index (χ1v) is 12.1. The number of amides is 2. The Morgan fingerprint density at radius 1 is 0.941 bits per heavy atom. The van der Waals surface area contributed by atoms with Crippen molar-refractivity contribution < 1.29 is 9.59 Å². The third-order valence-corrected chi connectivity index (χ3v) is 7.13. The first-order valence-electron chi connectivity index (χ1n) is 10.9. The lowest BCUT2D eigenvalue weighted by atomic mass is 9.99. The summed E-state index contributed by atoms with van der Waals surface area (Å²) in [6.07, 6.45) is 0.667. The van der Waals surface area contributed by atoms with Crippen LogP contribution in [0, 0.1) is 5.41 Å². The number of hydrogen-bond donors (Lipinski definition) is 1. The number of anilines is 1. The molecule has 0 radical (unpaired) electrons. The molecule has 0 saturated carbocycles. The zero-order valence-corrected chi connectivity index (χ0v) is 19.7. The molecule has 1 N–H and O–H groups in total. The van der Waals surface area contributed by atoms with Crippen LogP contribution in [0.3, 0.4) is 0 Å². The van der Waals surface area contributed by atoms with Crippen molar-refractivity contribution in [2.45, 2.75) is 24.1 Å². The third kappa shape index (κ3) is 4.36. The fourth-order valence-corrected chi connectivity index (χ4v) is 5.37. The minimum absolute atomic E-state index is 0.0253. The predicted octanol–water partition coefficient (Wildman–Crippen LogP) is 5.49. The second kappa shape index (κ2) is 9.44. The summed E-state index contributed by atoms with van der Waals surface area (Å²) in [6, 6.07) is 26.3. The molecule has 3 aromatic carbocycles. The van der Waals surface area contributed by atoms with Gasteiger partial charge in [-0.15, -0.1) is 0 Å². The SMILES string of the molecule is N=C(SC1CC(=O)N(c2cccc(Cl)c2)C1=O)N1N=C(c2ccccc2)CC1c1ccccc1. The van der Waals surface area contributed by atoms with Crippen LogP contribution < -0.4 is 4.90 Å². The normalized spacial score (nSPS) is 20.1. The van der Waals surface area contributed by atoms with Gasteiger partial charge in [-0.25, -0.2) is 9.91 Å². The number of nitrogens with zero attached hydrogens (tertiary/aromatic N) is 3. The molecule has 1 saturated heterocycles. The Balaban J connectivity index is 1.39. The molecular formula is C26H21ClN4O2S. The number of thioether (sulfide) groups is 1. The maximum atomic E-state index is 13.1. The topological polar surface area (TPSA) is 76.8 Å². The number of hydrazone groups is 1. The van der Waals surface area contributed by atoms with Gasteiger partial charge in [-0.3, -0.25) is 15.0 Å². The molecule has 2 atom stereocenters. The number of nitrogens with one attached hydrogen (secondary N) is 1. The Hall–Kier alpha value is -3.42. The first-order chi connectivity index (χ1) is 16.5. The molecule has 0 spiro atoms. The summed E-state index contributed by atoms with van der Waals surface area (Å²) in [7, 11) is 0. The number of amidine groups is 1. The summed E-state index contributed by atoms with van der Waals surface area (Å²) in [5.41, 5.74) is 3.37. The largest absolute Gasteiger partial charge is 0.277 e. The van der Waals surface area contributed by atoms with Gasteiger partial charge < -0.3 is 0 Å². The molecule has 5 rings (SSSR count). The van der Waals surface area contributed by atoms with Gasteiger partial charge in [0.05, 0.1) is 17.4 Å². The van der Waals surface area contributed by atoms with Gasteiger partial charge in [0.15, 0.2) is 5.17 Å². The average molecular weight is 489 g/mol. The summed E-state index contributed by atoms with van der Waals surface area (Å²) in [5.74, 6) is -0.642. The van der Waals surface area contributed by atoms with Gasteiger partial charge >= 0.3 is 0 Å². The zero-order chi connectivity index (χ0) is 23.7. The van der Waals surface area contributed by atoms with Gasteiger partial charge in [-0.1, -0.05) is 90.1 Å². The minimum Gasteiger partial charge on any atom is -0.277 e. The lowest BCUT2D eigenvalue weighted by molar-refractivity contribution is -0.121. The monoisotopic (exact) mass is 488 g/mol. The van der Waals surface area contributed by atoms with Gasteiger partial charge in [0.1, 0.15) is 5.25 Å². The van der Waals surface area contributed by atoms with Crippen molar-refractivity contribution in [3.05, 3.63) is 101 Å². The van der Waals surface area contributed by atoms with Crippen LogP contribution in [0.4, 0.5) is 5.69 Å². The van der Waals surface area contributed by atoms with Crippen molar-refractivity contribution in [1.82, 2.24) is 5.01 Å². The van der Waals surface area contributed by atoms with Crippen LogP contribution in [0.25, 0.3) is 0 Å². The Morgan fingerprint density at radius 2 is 1.65 bits per heavy atom. The number of carbonyl (C=O) groups excluding carboxylic acids is 2. The highest BCUT2D eigenvalue weighted by Crippen LogP contribution is 2.37. The van der Waals surface area contributed by atoms with E-state index in [4.69, 9.17) is 22.1 Å². The van der Waals surface area contributed by atoms with E-state index in [1.807, 2.05) is 60.7 Å². The van der Waals surface area contributed by atoms with E-state index in [1.54, 1.807) is 29.3 Å². The molecule has 2 heterocycles. The molecule has 2 amide bonds. The molecule has 3 aromatic rings. The van der Waals surface area contributed by atoms with Gasteiger partial charge in [-0.2, -0.15) is 5.10 Å². The summed E-state index contributed by atoms with van der Waals surface area (Å²) in [6.45, 7) is 0. The highest BCUT2D eigenvalue weighted by molar-refractivity contribution is 8.14. The maximum Gasteiger partial charge on any atom is 0.247 e. The Morgan fingerprint density at radius 3 is 2.35 bits per heavy atom. The van der Waals surface area contributed by atoms with E-state index in [2.05, 4.69) is 0 Å². The van der Waals surface area contributed by atoms with Gasteiger partial charge in [0, 0.05) is 17.9 Å². The number of hydrogen-bond acceptors (Lipinski definition) is 5. The summed E-state index contributed by atoms with van der Waals surface area (Å²) >= 11 is 7.13. The molecule has 2 aliphatic heterocycles. The quantitative estimate of drug-likeness (QED) is 0.299. The maximum absolute atomic E-state index is 13.1. The van der Waals surface area contributed by atoms with Gasteiger partial charge in [0.25, 0.3) is 0 Å². The number of carbonyl (C=O) groups is 2. The summed E-state index contributed by atoms with van der Waals surface area (Å²) in [5, 5.41) is 15.2. The fraction of sp³-hybridized carbons (Fsp3) is 0.154. The second-order valence-electron chi connectivity index (χ2n) is 8.05. The molecule has 0 aromatic heterocycles. The molecule has 0 aliphatic carbocycles. The molecule has 6 nitrogen and oxygen atoms in total. The van der Waals surface area contributed by atoms with E-state index in [1.165, 1.54) is 0 Å². The van der Waals surface area contributed by atoms with Crippen LogP contribution >= 0.6 is 23.4 Å². The van der Waals surface area contributed by atoms with Gasteiger partial charge in [0.2, 0.25) is 11.8 Å². The zero-order valence-electron chi connectivity index (χ0n) is 18.1. The van der Waals surface area contributed by atoms with Crippen LogP contribution in [0.15, 0.2) is 90.0 Å². The van der Waals surface area contributed by atoms with Crippen molar-refractivity contribution >= 4 is 51.7 Å². The van der Waals surface area contributed by atoms with Crippen molar-refractivity contribution in [2.75, 3.05) is 4.90 Å². The van der Waals surface area contributed by atoms with E-state index in [-0.39, 0.29) is 29.4 Å². The standard InChI is InChI=1S/C26H21ClN4O2S/c27-19-12-7-13-20(14-19)30-24(32)16-23(25(30)33)34-26(28)31-22(18-10-5-2-6-11-18)15-21(29-31)17-8-3-1-4-9-17/h1-14,22-23,28H,15-16H2. The van der Waals surface area contributed by atoms with E-state index >= 15 is 0 Å². The molecule has 2 aliphatic rings. The highest BCUT2D eigenvalue weighted by Gasteiger charge is 2.42. The fourth-order valence-electron chi connectivity index (χ4n) is 4.21. The lowest BCUT2D eigenvalue weighted by Crippen LogP contribution is -2.32. The molecule has 34 heavy (non-hydrogen) atoms. The minimum atomic E-state index is -0.689. The van der Waals surface area contributed by atoms with E-state index in [9.17, 15) is 9.59 Å². The van der Waals surface area contributed by atoms with Crippen LogP contribution in [0.1, 0.15) is 30.0 Å². The molecular weight excluding hydrogens is 468 g/mol. The summed E-state index contributed by atoms with van der Waals surface area (Å²) in [4.78, 5) is 26.9. The van der Waals surface area contributed by atoms with E-state index in [0.29, 0.717) is 17.1 Å². The number of rotatable bonds is 4. The van der Waals surface area contributed by atoms with E-state index < -0.39 is 5.25 Å². The molecule has 8 heteroatoms. The Bertz CT molecular complexity index is 1280. The molecule has 0 bridgehead atoms. The van der Waals surface area contributed by atoms with Crippen LogP contribution in [0.5, 0.6) is 0 Å². The number of imide groups is 1. The average Bonchev–Trinajstić information content (AvgIpc) is 3.41. The smallest absolute Gasteiger partial charge is 0.247 e. The predicted molar refractivity (Wildman–Crippen MR) is 136 cm³/mol. The Labute approximate surface area is 206 Å². The van der Waals surface area contributed by atoms with Crippen LogP contribution in [-0.2, 0) is 9.59 Å².